The Bertz CT molecular complexity index is 656. The number of benzene rings is 1. The highest BCUT2D eigenvalue weighted by atomic mass is 32.2. The lowest BCUT2D eigenvalue weighted by molar-refractivity contribution is 0.136. The van der Waals surface area contributed by atoms with Gasteiger partial charge in [0.2, 0.25) is 20.0 Å². The van der Waals surface area contributed by atoms with Gasteiger partial charge in [-0.1, -0.05) is 19.4 Å². The van der Waals surface area contributed by atoms with Gasteiger partial charge in [-0.15, -0.1) is 0 Å². The van der Waals surface area contributed by atoms with Gasteiger partial charge in [0.1, 0.15) is 0 Å². The fraction of sp³-hybridized carbons (Fsp3) is 0.500. The van der Waals surface area contributed by atoms with Gasteiger partial charge >= 0.3 is 0 Å². The third kappa shape index (κ3) is 6.10. The summed E-state index contributed by atoms with van der Waals surface area (Å²) in [5.74, 6) is 0. The molecule has 0 heterocycles. The van der Waals surface area contributed by atoms with Crippen molar-refractivity contribution in [1.29, 1.82) is 0 Å². The first-order valence-corrected chi connectivity index (χ1v) is 9.50. The monoisotopic (exact) mass is 336 g/mol. The Labute approximate surface area is 125 Å². The molecule has 0 aromatic heterocycles. The van der Waals surface area contributed by atoms with Crippen LogP contribution in [0.5, 0.6) is 0 Å². The second-order valence-electron chi connectivity index (χ2n) is 4.38. The van der Waals surface area contributed by atoms with Crippen molar-refractivity contribution in [3.63, 3.8) is 0 Å². The van der Waals surface area contributed by atoms with E-state index in [4.69, 9.17) is 9.88 Å². The molecule has 1 rings (SSSR count). The van der Waals surface area contributed by atoms with Crippen LogP contribution in [-0.2, 0) is 24.8 Å². The Kier molecular flexibility index (Phi) is 6.75. The predicted octanol–water partition coefficient (Wildman–Crippen LogP) is 0.429. The zero-order valence-electron chi connectivity index (χ0n) is 11.8. The molecule has 0 aliphatic rings. The SMILES string of the molecule is CCCCOCCNS(=O)(=O)c1cccc(S(N)(=O)=O)c1. The van der Waals surface area contributed by atoms with Gasteiger partial charge in [0.15, 0.2) is 0 Å². The lowest BCUT2D eigenvalue weighted by Gasteiger charge is -2.08. The van der Waals surface area contributed by atoms with Crippen molar-refractivity contribution in [1.82, 2.24) is 4.72 Å². The predicted molar refractivity (Wildman–Crippen MR) is 78.7 cm³/mol. The van der Waals surface area contributed by atoms with Gasteiger partial charge in [-0.25, -0.2) is 26.7 Å². The lowest BCUT2D eigenvalue weighted by atomic mass is 10.4. The minimum absolute atomic E-state index is 0.117. The molecule has 1 aromatic rings. The van der Waals surface area contributed by atoms with Gasteiger partial charge in [0.05, 0.1) is 16.4 Å². The number of nitrogens with one attached hydrogen (secondary N) is 1. The molecule has 0 saturated carbocycles. The van der Waals surface area contributed by atoms with Gasteiger partial charge in [0.25, 0.3) is 0 Å². The maximum Gasteiger partial charge on any atom is 0.240 e. The third-order valence-corrected chi connectivity index (χ3v) is 4.99. The van der Waals surface area contributed by atoms with Crippen LogP contribution in [0.2, 0.25) is 0 Å². The number of hydrogen-bond donors (Lipinski definition) is 2. The molecule has 0 saturated heterocycles. The number of unbranched alkanes of at least 4 members (excludes halogenated alkanes) is 1. The molecule has 0 atom stereocenters. The lowest BCUT2D eigenvalue weighted by Crippen LogP contribution is -2.28. The summed E-state index contributed by atoms with van der Waals surface area (Å²) in [5, 5.41) is 4.97. The number of primary sulfonamides is 1. The molecule has 120 valence electrons. The van der Waals surface area contributed by atoms with Crippen molar-refractivity contribution < 1.29 is 21.6 Å². The first-order valence-electron chi connectivity index (χ1n) is 6.47. The van der Waals surface area contributed by atoms with Crippen LogP contribution in [0.3, 0.4) is 0 Å². The summed E-state index contributed by atoms with van der Waals surface area (Å²) in [5.41, 5.74) is 0. The van der Waals surface area contributed by atoms with E-state index in [9.17, 15) is 16.8 Å². The van der Waals surface area contributed by atoms with Gasteiger partial charge in [-0.3, -0.25) is 0 Å². The van der Waals surface area contributed by atoms with Crippen LogP contribution in [0, 0.1) is 0 Å². The molecule has 7 nitrogen and oxygen atoms in total. The number of ether oxygens (including phenoxy) is 1. The third-order valence-electron chi connectivity index (χ3n) is 2.63. The number of nitrogens with two attached hydrogens (primary N) is 1. The summed E-state index contributed by atoms with van der Waals surface area (Å²) >= 11 is 0. The summed E-state index contributed by atoms with van der Waals surface area (Å²) in [4.78, 5) is -0.396. The van der Waals surface area contributed by atoms with E-state index in [0.717, 1.165) is 18.9 Å². The molecule has 0 aliphatic heterocycles. The molecule has 0 aliphatic carbocycles. The van der Waals surface area contributed by atoms with E-state index in [2.05, 4.69) is 4.72 Å². The van der Waals surface area contributed by atoms with E-state index in [0.29, 0.717) is 6.61 Å². The van der Waals surface area contributed by atoms with Crippen LogP contribution in [0.15, 0.2) is 34.1 Å². The van der Waals surface area contributed by atoms with Gasteiger partial charge in [0, 0.05) is 13.2 Å². The van der Waals surface area contributed by atoms with Crippen molar-refractivity contribution in [3.05, 3.63) is 24.3 Å². The average Bonchev–Trinajstić information content (AvgIpc) is 2.42. The topological polar surface area (TPSA) is 116 Å². The zero-order chi connectivity index (χ0) is 15.9. The summed E-state index contributed by atoms with van der Waals surface area (Å²) in [6, 6.07) is 4.89. The molecule has 0 spiro atoms. The molecule has 0 fully saturated rings. The van der Waals surface area contributed by atoms with E-state index in [-0.39, 0.29) is 22.9 Å². The van der Waals surface area contributed by atoms with E-state index in [1.807, 2.05) is 6.92 Å². The van der Waals surface area contributed by atoms with E-state index in [1.165, 1.54) is 18.2 Å². The van der Waals surface area contributed by atoms with Crippen molar-refractivity contribution in [2.24, 2.45) is 5.14 Å². The molecule has 0 unspecified atom stereocenters. The van der Waals surface area contributed by atoms with Gasteiger partial charge in [-0.05, 0) is 24.6 Å². The minimum atomic E-state index is -3.94. The summed E-state index contributed by atoms with van der Waals surface area (Å²) in [6.07, 6.45) is 1.93. The maximum absolute atomic E-state index is 12.0. The van der Waals surface area contributed by atoms with E-state index >= 15 is 0 Å². The summed E-state index contributed by atoms with van der Waals surface area (Å²) in [6.45, 7) is 2.99. The van der Waals surface area contributed by atoms with Gasteiger partial charge < -0.3 is 4.74 Å². The second kappa shape index (κ2) is 7.85. The van der Waals surface area contributed by atoms with Crippen molar-refractivity contribution in [2.75, 3.05) is 19.8 Å². The van der Waals surface area contributed by atoms with Crippen LogP contribution in [-0.4, -0.2) is 36.6 Å². The van der Waals surface area contributed by atoms with Crippen LogP contribution in [0.4, 0.5) is 0 Å². The second-order valence-corrected chi connectivity index (χ2v) is 7.71. The van der Waals surface area contributed by atoms with Crippen LogP contribution in [0.1, 0.15) is 19.8 Å². The first-order chi connectivity index (χ1) is 9.77. The standard InChI is InChI=1S/C12H20N2O5S2/c1-2-3-8-19-9-7-14-21(17,18)12-6-4-5-11(10-12)20(13,15)16/h4-6,10,14H,2-3,7-9H2,1H3,(H2,13,15,16). The Morgan fingerprint density at radius 3 is 2.43 bits per heavy atom. The Morgan fingerprint density at radius 1 is 1.14 bits per heavy atom. The molecule has 21 heavy (non-hydrogen) atoms. The summed E-state index contributed by atoms with van der Waals surface area (Å²) in [7, 11) is -7.72. The number of sulfonamides is 2. The molecule has 3 N–H and O–H groups in total. The highest BCUT2D eigenvalue weighted by Crippen LogP contribution is 2.14. The Balaban J connectivity index is 2.67. The highest BCUT2D eigenvalue weighted by molar-refractivity contribution is 7.90. The maximum atomic E-state index is 12.0. The molecule has 1 aromatic carbocycles. The minimum Gasteiger partial charge on any atom is -0.380 e. The quantitative estimate of drug-likeness (QED) is 0.634. The largest absolute Gasteiger partial charge is 0.380 e. The smallest absolute Gasteiger partial charge is 0.240 e. The molecule has 0 amide bonds. The van der Waals surface area contributed by atoms with E-state index < -0.39 is 20.0 Å². The highest BCUT2D eigenvalue weighted by Gasteiger charge is 2.16. The Morgan fingerprint density at radius 2 is 1.81 bits per heavy atom. The molecule has 9 heteroatoms. The fourth-order valence-corrected chi connectivity index (χ4v) is 3.19. The van der Waals surface area contributed by atoms with Crippen molar-refractivity contribution >= 4 is 20.0 Å². The van der Waals surface area contributed by atoms with Crippen LogP contribution < -0.4 is 9.86 Å². The number of hydrogen-bond acceptors (Lipinski definition) is 5. The van der Waals surface area contributed by atoms with Crippen LogP contribution in [0.25, 0.3) is 0 Å². The average molecular weight is 336 g/mol. The first kappa shape index (κ1) is 18.1. The fourth-order valence-electron chi connectivity index (χ4n) is 1.50. The molecule has 0 radical (unpaired) electrons. The zero-order valence-corrected chi connectivity index (χ0v) is 13.4. The molecule has 0 bridgehead atoms. The van der Waals surface area contributed by atoms with Crippen molar-refractivity contribution in [3.8, 4) is 0 Å². The Hall–Kier alpha value is -1.00. The van der Waals surface area contributed by atoms with Crippen molar-refractivity contribution in [2.45, 2.75) is 29.6 Å². The normalized spacial score (nSPS) is 12.5. The van der Waals surface area contributed by atoms with Crippen LogP contribution >= 0.6 is 0 Å². The van der Waals surface area contributed by atoms with E-state index in [1.54, 1.807) is 0 Å². The summed E-state index contributed by atoms with van der Waals surface area (Å²) < 4.78 is 54.0. The van der Waals surface area contributed by atoms with Gasteiger partial charge in [-0.2, -0.15) is 0 Å². The molecular formula is C12H20N2O5S2. The molecular weight excluding hydrogens is 316 g/mol. The number of rotatable bonds is 9.